The van der Waals surface area contributed by atoms with Gasteiger partial charge in [0, 0.05) is 50.4 Å². The molecule has 0 aliphatic carbocycles. The maximum atomic E-state index is 8.53. The zero-order valence-electron chi connectivity index (χ0n) is 46.7. The van der Waals surface area contributed by atoms with Gasteiger partial charge in [-0.25, -0.2) is 0 Å². The van der Waals surface area contributed by atoms with Gasteiger partial charge in [-0.1, -0.05) is 240 Å². The third kappa shape index (κ3) is 10.2. The van der Waals surface area contributed by atoms with Crippen LogP contribution in [0.5, 0.6) is 0 Å². The topological polar surface area (TPSA) is 30.7 Å². The number of benzene rings is 9. The minimum atomic E-state index is -1.56. The van der Waals surface area contributed by atoms with E-state index >= 15 is 0 Å². The van der Waals surface area contributed by atoms with Crippen molar-refractivity contribution in [3.8, 4) is 61.7 Å². The molecule has 0 N–H and O–H groups in total. The molecule has 0 amide bonds. The maximum absolute atomic E-state index is 8.53. The second kappa shape index (κ2) is 21.9. The Labute approximate surface area is 470 Å². The number of hydrogen-bond acceptors (Lipinski definition) is 3. The van der Waals surface area contributed by atoms with Crippen LogP contribution in [0.15, 0.2) is 200 Å². The van der Waals surface area contributed by atoms with Crippen LogP contribution in [0.2, 0.25) is 19.6 Å². The molecule has 0 saturated carbocycles. The van der Waals surface area contributed by atoms with E-state index in [9.17, 15) is 0 Å². The summed E-state index contributed by atoms with van der Waals surface area (Å²) in [7, 11) is -1.56. The molecule has 3 aromatic heterocycles. The molecule has 0 bridgehead atoms. The van der Waals surface area contributed by atoms with E-state index < -0.39 is 19.9 Å². The first-order valence-corrected chi connectivity index (χ1v) is 30.4. The van der Waals surface area contributed by atoms with Gasteiger partial charge in [-0.2, -0.15) is 11.3 Å². The van der Waals surface area contributed by atoms with Gasteiger partial charge in [0.15, 0.2) is 0 Å². The Morgan fingerprint density at radius 3 is 1.88 bits per heavy atom. The predicted octanol–water partition coefficient (Wildman–Crippen LogP) is 19.5. The molecule has 0 saturated heterocycles. The third-order valence-corrected chi connectivity index (χ3v) is 17.6. The Kier molecular flexibility index (Phi) is 14.3. The molecular weight excluding hydrogens is 1140 g/mol. The number of thiophene rings is 1. The Morgan fingerprint density at radius 1 is 0.579 bits per heavy atom. The van der Waals surface area contributed by atoms with Gasteiger partial charge in [0.05, 0.1) is 24.9 Å². The van der Waals surface area contributed by atoms with Gasteiger partial charge in [0.1, 0.15) is 0 Å². The Morgan fingerprint density at radius 2 is 1.24 bits per heavy atom. The van der Waals surface area contributed by atoms with Gasteiger partial charge in [-0.3, -0.25) is 4.98 Å². The van der Waals surface area contributed by atoms with Crippen molar-refractivity contribution in [1.82, 2.24) is 14.5 Å². The zero-order chi connectivity index (χ0) is 53.8. The summed E-state index contributed by atoms with van der Waals surface area (Å²) in [4.78, 5) is 10.3. The summed E-state index contributed by atoms with van der Waals surface area (Å²) in [5.74, 6) is 0.0489. The molecule has 3 nitrogen and oxygen atoms in total. The van der Waals surface area contributed by atoms with Crippen molar-refractivity contribution in [3.05, 3.63) is 229 Å². The Bertz CT molecular complexity index is 4110. The molecule has 0 aliphatic rings. The van der Waals surface area contributed by atoms with Crippen LogP contribution in [0.25, 0.3) is 104 Å². The summed E-state index contributed by atoms with van der Waals surface area (Å²) in [6.45, 7) is 19.0. The molecule has 3 heterocycles. The van der Waals surface area contributed by atoms with Crippen LogP contribution in [0.3, 0.4) is 0 Å². The molecule has 0 spiro atoms. The third-order valence-electron chi connectivity index (χ3n) is 14.4. The van der Waals surface area contributed by atoms with Gasteiger partial charge in [-0.05, 0) is 84.7 Å². The van der Waals surface area contributed by atoms with E-state index in [1.54, 1.807) is 0 Å². The van der Waals surface area contributed by atoms with Crippen molar-refractivity contribution in [1.29, 1.82) is 0 Å². The fourth-order valence-corrected chi connectivity index (χ4v) is 13.2. The first kappa shape index (κ1) is 49.8. The van der Waals surface area contributed by atoms with Crippen LogP contribution in [0.1, 0.15) is 78.7 Å². The molecule has 76 heavy (non-hydrogen) atoms. The van der Waals surface area contributed by atoms with Crippen molar-refractivity contribution in [2.24, 2.45) is 0 Å². The molecule has 1 radical (unpaired) electrons. The summed E-state index contributed by atoms with van der Waals surface area (Å²) in [5, 5.41) is 6.09. The standard InChI is InChI=1S/C50H35N2S.C20H28NSi.Ir/c1-32(2)37-22-25-41-46(31-37)53-49-42(27-26-39(47(41)49)34-16-8-4-9-17-34)50-51-48-40-21-13-12-20-36(40)23-29-45(48)52(50)44-28-24-38(33-14-6-3-7-15-33)30-43(44)35-18-10-5-11-19-35;1-14(2)16-8-10-17(11-9-16)19-12-18(15(3)4)20(13-21-19)22(5,6)7;/h3-26,28-32H,1-2H3;8-10,12-15H,1-7H3;/q2*-1;/i;14D,15D;. The smallest absolute Gasteiger partial charge is 0.0852 e. The van der Waals surface area contributed by atoms with Gasteiger partial charge < -0.3 is 9.55 Å². The van der Waals surface area contributed by atoms with Gasteiger partial charge in [0.25, 0.3) is 0 Å². The summed E-state index contributed by atoms with van der Waals surface area (Å²) in [6, 6.07) is 76.2. The number of rotatable bonds is 10. The van der Waals surface area contributed by atoms with E-state index in [-0.39, 0.29) is 20.1 Å². The van der Waals surface area contributed by atoms with Crippen LogP contribution in [0.4, 0.5) is 0 Å². The quantitative estimate of drug-likeness (QED) is 0.101. The summed E-state index contributed by atoms with van der Waals surface area (Å²) in [5.41, 5.74) is 16.3. The normalized spacial score (nSPS) is 12.4. The monoisotopic (exact) mass is 1200 g/mol. The summed E-state index contributed by atoms with van der Waals surface area (Å²) < 4.78 is 21.5. The molecule has 0 fully saturated rings. The molecule has 12 rings (SSSR count). The first-order chi connectivity index (χ1) is 36.9. The van der Waals surface area contributed by atoms with Crippen molar-refractivity contribution in [2.75, 3.05) is 0 Å². The van der Waals surface area contributed by atoms with E-state index in [0.717, 1.165) is 67.0 Å². The van der Waals surface area contributed by atoms with Crippen LogP contribution in [0, 0.1) is 12.1 Å². The minimum absolute atomic E-state index is 0. The first-order valence-electron chi connectivity index (χ1n) is 27.1. The second-order valence-corrected chi connectivity index (χ2v) is 27.5. The maximum Gasteiger partial charge on any atom is 0.0852 e. The van der Waals surface area contributed by atoms with E-state index in [2.05, 4.69) is 231 Å². The number of hydrogen-bond donors (Lipinski definition) is 0. The van der Waals surface area contributed by atoms with E-state index in [1.807, 2.05) is 63.4 Å². The predicted molar refractivity (Wildman–Crippen MR) is 326 cm³/mol. The van der Waals surface area contributed by atoms with Crippen molar-refractivity contribution in [2.45, 2.75) is 78.9 Å². The minimum Gasteiger partial charge on any atom is -0.333 e. The largest absolute Gasteiger partial charge is 0.333 e. The van der Waals surface area contributed by atoms with Crippen LogP contribution in [-0.2, 0) is 20.1 Å². The van der Waals surface area contributed by atoms with Gasteiger partial charge in [0.2, 0.25) is 0 Å². The van der Waals surface area contributed by atoms with Crippen molar-refractivity contribution >= 4 is 66.6 Å². The second-order valence-electron chi connectivity index (χ2n) is 21.4. The van der Waals surface area contributed by atoms with E-state index in [1.165, 1.54) is 58.6 Å². The molecule has 9 aromatic carbocycles. The fourth-order valence-electron chi connectivity index (χ4n) is 10.3. The average molecular weight is 1200 g/mol. The number of nitrogens with zero attached hydrogens (tertiary/aromatic N) is 3. The molecule has 379 valence electrons. The molecular formula is C70H63IrN3SSi-2. The molecule has 0 aliphatic heterocycles. The van der Waals surface area contributed by atoms with Crippen LogP contribution >= 0.6 is 11.3 Å². The van der Waals surface area contributed by atoms with E-state index in [4.69, 9.17) is 7.73 Å². The SMILES string of the molecule is CC(C)c1ccc2c(c1)sc1c(-c3nc4c5ccccc5ccc4n3-c3ccc(-c4ccccc4)cc3-c3ccccc3)[c-]cc(-c3ccccc3)c12.[2H]C(C)(C)c1c[c-]c(-c2cc(C([2H])(C)C)c([Si](C)(C)C)cn2)cc1.[Ir]. The number of aromatic nitrogens is 3. The number of pyridine rings is 1. The van der Waals surface area contributed by atoms with Crippen molar-refractivity contribution in [3.63, 3.8) is 0 Å². The van der Waals surface area contributed by atoms with E-state index in [0.29, 0.717) is 5.92 Å². The van der Waals surface area contributed by atoms with Gasteiger partial charge in [-0.15, -0.1) is 47.5 Å². The summed E-state index contributed by atoms with van der Waals surface area (Å²) >= 11 is 1.86. The molecule has 0 atom stereocenters. The Balaban J connectivity index is 0.000000233. The molecule has 0 unspecified atom stereocenters. The Hall–Kier alpha value is -7.05. The summed E-state index contributed by atoms with van der Waals surface area (Å²) in [6.07, 6.45) is 1.96. The fraction of sp³-hybridized carbons (Fsp3) is 0.171. The van der Waals surface area contributed by atoms with Gasteiger partial charge >= 0.3 is 0 Å². The average Bonchev–Trinajstić information content (AvgIpc) is 4.19. The number of fused-ring (bicyclic) bond motifs is 6. The van der Waals surface area contributed by atoms with Crippen molar-refractivity contribution < 1.29 is 22.8 Å². The zero-order valence-corrected chi connectivity index (χ0v) is 48.9. The van der Waals surface area contributed by atoms with Crippen LogP contribution < -0.4 is 5.19 Å². The van der Waals surface area contributed by atoms with Crippen LogP contribution in [-0.4, -0.2) is 22.6 Å². The molecule has 12 aromatic rings. The number of imidazole rings is 1. The molecule has 6 heteroatoms.